The van der Waals surface area contributed by atoms with Crippen LogP contribution < -0.4 is 33.7 Å². The third-order valence-electron chi connectivity index (χ3n) is 10.0. The van der Waals surface area contributed by atoms with E-state index in [-0.39, 0.29) is 90.5 Å². The van der Waals surface area contributed by atoms with Crippen molar-refractivity contribution in [2.45, 2.75) is 150 Å². The third-order valence-corrected chi connectivity index (χ3v) is 10.0. The van der Waals surface area contributed by atoms with Gasteiger partial charge in [-0.05, 0) is 117 Å². The molecule has 0 bridgehead atoms. The molecule has 0 amide bonds. The highest BCUT2D eigenvalue weighted by Gasteiger charge is 2.25. The number of aromatic amines is 4. The predicted molar refractivity (Wildman–Crippen MR) is 318 cm³/mol. The number of β-amino-alcohol motifs (C(OH)–C–C–N with tert-alkyl or cyclic N) is 1. The zero-order valence-electron chi connectivity index (χ0n) is 43.0. The summed E-state index contributed by atoms with van der Waals surface area (Å²) in [5.74, 6) is -0.796. The lowest BCUT2D eigenvalue weighted by molar-refractivity contribution is -0.141. The van der Waals surface area contributed by atoms with Gasteiger partial charge in [0.15, 0.2) is 11.6 Å². The molecule has 80 heavy (non-hydrogen) atoms. The number of aliphatic hydroxyl groups excluding tert-OH is 1. The maximum absolute atomic E-state index is 10.3. The second-order valence-electron chi connectivity index (χ2n) is 16.2. The highest BCUT2D eigenvalue weighted by molar-refractivity contribution is 5.70. The van der Waals surface area contributed by atoms with E-state index in [0.29, 0.717) is 42.2 Å². The molecular formula is C53H109N13O14. The smallest absolute Gasteiger partial charge is 0.438 e. The Bertz CT molecular complexity index is 2260. The summed E-state index contributed by atoms with van der Waals surface area (Å²) in [7, 11) is 11.1. The molecule has 3 saturated heterocycles. The summed E-state index contributed by atoms with van der Waals surface area (Å²) >= 11 is 0. The summed E-state index contributed by atoms with van der Waals surface area (Å²) < 4.78 is 26.6. The van der Waals surface area contributed by atoms with E-state index < -0.39 is 29.0 Å². The average Bonchev–Trinajstić information content (AvgIpc) is 4.26. The fraction of sp³-hybridized carbons (Fsp3) is 0.679. The molecule has 4 aromatic heterocycles. The summed E-state index contributed by atoms with van der Waals surface area (Å²) in [5, 5.41) is 50.8. The van der Waals surface area contributed by atoms with Gasteiger partial charge in [0.2, 0.25) is 11.8 Å². The van der Waals surface area contributed by atoms with Crippen molar-refractivity contribution in [1.29, 1.82) is 0 Å². The van der Waals surface area contributed by atoms with Crippen molar-refractivity contribution >= 4 is 5.97 Å². The standard InChI is InChI=1S/C9H18N2.C9H13NO.C6H11NO2.C5H11NO.2C4H6N2O3.2C4H6N2O2.8CH4/c1-3-6-10-9-4-7-11(2)8-5-9;1-10-7-6-8-2-4-9(11)5-3-8;1-7-3-2-5(4-7)6(8)9;1-6-3-2-5(7)4-6;1-8-2-3-5-6-4(7)9-3;1-8-2-3-5-4(7)9-6-3;1-2-3-5-6-4(7)8-3;1-2-3-5-4(7)8-6-3;;;;;;;;/h3,6,9-10H,4-5,7-8H2,1-2H3;2-5,10-11H,6-7H2,1H3;5H,2-4H2,1H3,(H,8,9);5,7H,2-4H2,1H3;2H2,1H3,(H,6,7);2H2,1H3,(H,5,6,7);2H2,1H3,(H,6,7);2H2,1H3,(H,5,6,7);8*1H4. The number of likely N-dealkylation sites (N-methyl/N-ethyl adjacent to an activating group) is 2. The Morgan fingerprint density at radius 2 is 1.19 bits per heavy atom. The molecule has 7 heterocycles. The van der Waals surface area contributed by atoms with E-state index in [1.807, 2.05) is 58.9 Å². The first-order chi connectivity index (χ1) is 34.4. The van der Waals surface area contributed by atoms with Gasteiger partial charge in [0.25, 0.3) is 0 Å². The third kappa shape index (κ3) is 44.4. The van der Waals surface area contributed by atoms with Gasteiger partial charge in [0, 0.05) is 52.7 Å². The van der Waals surface area contributed by atoms with Gasteiger partial charge in [-0.3, -0.25) is 23.8 Å². The van der Waals surface area contributed by atoms with Crippen LogP contribution in [0, 0.1) is 5.92 Å². The molecule has 3 aliphatic rings. The van der Waals surface area contributed by atoms with E-state index in [9.17, 15) is 24.0 Å². The molecular weight excluding hydrogens is 1040 g/mol. The Labute approximate surface area is 476 Å². The molecule has 3 aliphatic heterocycles. The number of aromatic nitrogens is 8. The van der Waals surface area contributed by atoms with Crippen molar-refractivity contribution in [3.8, 4) is 5.75 Å². The number of piperidine rings is 1. The molecule has 3 fully saturated rings. The number of allylic oxidation sites excluding steroid dienone is 1. The largest absolute Gasteiger partial charge is 0.508 e. The molecule has 0 aliphatic carbocycles. The summed E-state index contributed by atoms with van der Waals surface area (Å²) in [6, 6.07) is 8.01. The number of carbonyl (C=O) groups is 1. The molecule has 1 aromatic carbocycles. The lowest BCUT2D eigenvalue weighted by Gasteiger charge is -2.28. The van der Waals surface area contributed by atoms with Crippen LogP contribution >= 0.6 is 0 Å². The number of carboxylic acid groups (broad SMARTS) is 1. The van der Waals surface area contributed by atoms with Gasteiger partial charge >= 0.3 is 29.0 Å². The summed E-state index contributed by atoms with van der Waals surface area (Å²) in [5.41, 5.74) is 1.25. The highest BCUT2D eigenvalue weighted by Crippen LogP contribution is 2.13. The Balaban J connectivity index is -0.000000122. The van der Waals surface area contributed by atoms with Crippen LogP contribution in [0.1, 0.15) is 135 Å². The van der Waals surface area contributed by atoms with E-state index in [0.717, 1.165) is 52.0 Å². The Hall–Kier alpha value is -6.49. The van der Waals surface area contributed by atoms with Crippen LogP contribution in [0.2, 0.25) is 0 Å². The van der Waals surface area contributed by atoms with Gasteiger partial charge in [-0.25, -0.2) is 29.4 Å². The van der Waals surface area contributed by atoms with Gasteiger partial charge in [-0.2, -0.15) is 0 Å². The fourth-order valence-electron chi connectivity index (χ4n) is 6.12. The zero-order chi connectivity index (χ0) is 53.7. The second kappa shape index (κ2) is 54.5. The van der Waals surface area contributed by atoms with Crippen LogP contribution in [0.25, 0.3) is 0 Å². The molecule has 470 valence electrons. The van der Waals surface area contributed by atoms with Crippen LogP contribution in [-0.2, 0) is 46.7 Å². The Kier molecular flexibility index (Phi) is 61.3. The number of nitrogens with one attached hydrogen (secondary N) is 6. The number of rotatable bonds is 12. The average molecular weight is 1150 g/mol. The summed E-state index contributed by atoms with van der Waals surface area (Å²) in [4.78, 5) is 62.4. The molecule has 0 spiro atoms. The lowest BCUT2D eigenvalue weighted by Crippen LogP contribution is -2.38. The van der Waals surface area contributed by atoms with Gasteiger partial charge < -0.3 is 59.0 Å². The predicted octanol–water partition coefficient (Wildman–Crippen LogP) is 6.02. The number of nitrogens with zero attached hydrogens (tertiary/aromatic N) is 7. The molecule has 27 nitrogen and oxygen atoms in total. The van der Waals surface area contributed by atoms with Gasteiger partial charge in [-0.15, -0.1) is 10.2 Å². The maximum Gasteiger partial charge on any atom is 0.438 e. The SMILES string of the molecule is C.C.C.C.C.C.C.C.CC=CNC1CCN(C)CC1.CCc1n[nH]c(=O)o1.CCc1noc(=O)[nH]1.CN1CCC(C(=O)O)C1.CN1CCC(O)C1.CNCCc1ccc(O)cc1.COCc1n[nH]c(=O)o1.COCc1noc(=O)[nH]1. The van der Waals surface area contributed by atoms with Crippen molar-refractivity contribution in [2.24, 2.45) is 5.92 Å². The highest BCUT2D eigenvalue weighted by atomic mass is 16.5. The topological polar surface area (TPSA) is 366 Å². The Morgan fingerprint density at radius 1 is 0.700 bits per heavy atom. The van der Waals surface area contributed by atoms with Crippen molar-refractivity contribution in [1.82, 2.24) is 66.0 Å². The summed E-state index contributed by atoms with van der Waals surface area (Å²) in [6.45, 7) is 13.3. The van der Waals surface area contributed by atoms with E-state index in [2.05, 4.69) is 108 Å². The van der Waals surface area contributed by atoms with Crippen molar-refractivity contribution < 1.29 is 47.5 Å². The molecule has 2 unspecified atom stereocenters. The minimum absolute atomic E-state index is 0. The molecule has 27 heteroatoms. The van der Waals surface area contributed by atoms with E-state index in [1.54, 1.807) is 12.1 Å². The Morgan fingerprint density at radius 3 is 1.50 bits per heavy atom. The van der Waals surface area contributed by atoms with Gasteiger partial charge in [-0.1, -0.05) is 102 Å². The molecule has 0 saturated carbocycles. The number of hydrogen-bond acceptors (Lipinski definition) is 22. The van der Waals surface area contributed by atoms with Crippen LogP contribution in [0.15, 0.2) is 73.6 Å². The number of carboxylic acids is 1. The number of phenolic OH excluding ortho intramolecular Hbond substituents is 1. The molecule has 2 atom stereocenters. The summed E-state index contributed by atoms with van der Waals surface area (Å²) in [6.07, 6.45) is 10.7. The van der Waals surface area contributed by atoms with Gasteiger partial charge in [0.05, 0.1) is 12.0 Å². The van der Waals surface area contributed by atoms with Crippen molar-refractivity contribution in [3.05, 3.63) is 108 Å². The first-order valence-corrected chi connectivity index (χ1v) is 23.4. The van der Waals surface area contributed by atoms with Gasteiger partial charge in [0.1, 0.15) is 19.0 Å². The number of hydrogen-bond donors (Lipinski definition) is 9. The van der Waals surface area contributed by atoms with Crippen LogP contribution in [-0.4, -0.2) is 177 Å². The molecule has 8 rings (SSSR count). The first kappa shape index (κ1) is 90.1. The van der Waals surface area contributed by atoms with Crippen molar-refractivity contribution in [3.63, 3.8) is 0 Å². The monoisotopic (exact) mass is 1150 g/mol. The van der Waals surface area contributed by atoms with Crippen LogP contribution in [0.4, 0.5) is 0 Å². The molecule has 0 radical (unpaired) electrons. The number of H-pyrrole nitrogens is 4. The minimum atomic E-state index is -0.653. The number of methoxy groups -OCH3 is 2. The second-order valence-corrected chi connectivity index (χ2v) is 16.2. The van der Waals surface area contributed by atoms with E-state index >= 15 is 0 Å². The number of aliphatic carboxylic acids is 1. The maximum atomic E-state index is 10.3. The van der Waals surface area contributed by atoms with E-state index in [4.69, 9.17) is 15.3 Å². The zero-order valence-corrected chi connectivity index (χ0v) is 43.0. The van der Waals surface area contributed by atoms with Crippen LogP contribution in [0.3, 0.4) is 0 Å². The number of aromatic hydroxyl groups is 1. The van der Waals surface area contributed by atoms with Crippen molar-refractivity contribution in [2.75, 3.05) is 88.2 Å². The van der Waals surface area contributed by atoms with Crippen LogP contribution in [0.5, 0.6) is 5.75 Å². The minimum Gasteiger partial charge on any atom is -0.508 e. The number of benzene rings is 1. The number of aryl methyl sites for hydroxylation is 2. The molecule has 9 N–H and O–H groups in total. The number of likely N-dealkylation sites (tertiary alicyclic amines) is 3. The number of aliphatic hydroxyl groups is 1. The quantitative estimate of drug-likeness (QED) is 0.0689. The van der Waals surface area contributed by atoms with E-state index in [1.165, 1.54) is 45.7 Å². The fourth-order valence-corrected chi connectivity index (χ4v) is 6.12. The normalized spacial score (nSPS) is 14.9. The number of phenols is 1. The molecule has 5 aromatic rings. The lowest BCUT2D eigenvalue weighted by atomic mass is 10.1. The number of ether oxygens (including phenoxy) is 2. The first-order valence-electron chi connectivity index (χ1n) is 23.4.